The first kappa shape index (κ1) is 28.5. The average molecular weight is 539 g/mol. The molecule has 0 bridgehead atoms. The molecule has 2 saturated heterocycles. The molecule has 0 spiro atoms. The molecule has 3 aliphatic heterocycles. The molecule has 1 aromatic rings. The van der Waals surface area contributed by atoms with Crippen LogP contribution in [0.2, 0.25) is 0 Å². The quantitative estimate of drug-likeness (QED) is 0.258. The van der Waals surface area contributed by atoms with Crippen LogP contribution in [0.5, 0.6) is 0 Å². The topological polar surface area (TPSA) is 63.2 Å². The second-order valence-electron chi connectivity index (χ2n) is 11.5. The first-order chi connectivity index (χ1) is 19.2. The van der Waals surface area contributed by atoms with Gasteiger partial charge in [-0.25, -0.2) is 0 Å². The minimum Gasteiger partial charge on any atom is -0.462 e. The highest BCUT2D eigenvalue weighted by molar-refractivity contribution is 5.69. The van der Waals surface area contributed by atoms with Crippen LogP contribution in [0.3, 0.4) is 0 Å². The summed E-state index contributed by atoms with van der Waals surface area (Å²) in [6.45, 7) is 1.51. The third kappa shape index (κ3) is 8.75. The molecule has 0 amide bonds. The number of rotatable bonds is 9. The number of hydrogen-bond donors (Lipinski definition) is 0. The molecule has 1 aliphatic carbocycles. The Bertz CT molecular complexity index is 917. The van der Waals surface area contributed by atoms with Gasteiger partial charge >= 0.3 is 5.97 Å². The predicted octanol–water partition coefficient (Wildman–Crippen LogP) is 6.68. The Balaban J connectivity index is 1.34. The van der Waals surface area contributed by atoms with Gasteiger partial charge in [0.25, 0.3) is 0 Å². The molecule has 214 valence electrons. The van der Waals surface area contributed by atoms with Crippen molar-refractivity contribution in [2.45, 2.75) is 114 Å². The maximum Gasteiger partial charge on any atom is 0.306 e. The fourth-order valence-corrected chi connectivity index (χ4v) is 6.35. The van der Waals surface area contributed by atoms with Crippen LogP contribution in [-0.4, -0.2) is 50.1 Å². The monoisotopic (exact) mass is 538 g/mol. The number of carbonyl (C=O) groups excluding carboxylic acids is 1. The third-order valence-electron chi connectivity index (χ3n) is 8.51. The summed E-state index contributed by atoms with van der Waals surface area (Å²) in [5, 5.41) is 0. The lowest BCUT2D eigenvalue weighted by Gasteiger charge is -2.30. The zero-order valence-electron chi connectivity index (χ0n) is 23.3. The lowest BCUT2D eigenvalue weighted by molar-refractivity contribution is -0.193. The summed E-state index contributed by atoms with van der Waals surface area (Å²) in [5.74, 6) is 0.206. The van der Waals surface area contributed by atoms with Gasteiger partial charge in [-0.3, -0.25) is 4.79 Å². The van der Waals surface area contributed by atoms with Crippen molar-refractivity contribution in [3.05, 3.63) is 60.2 Å². The Labute approximate surface area is 234 Å². The van der Waals surface area contributed by atoms with Gasteiger partial charge in [0.05, 0.1) is 12.2 Å². The summed E-state index contributed by atoms with van der Waals surface area (Å²) in [7, 11) is 0. The van der Waals surface area contributed by atoms with E-state index in [1.165, 1.54) is 5.56 Å². The molecule has 0 radical (unpaired) electrons. The maximum absolute atomic E-state index is 12.6. The van der Waals surface area contributed by atoms with E-state index in [0.29, 0.717) is 12.8 Å². The Morgan fingerprint density at radius 1 is 0.949 bits per heavy atom. The van der Waals surface area contributed by atoms with E-state index in [1.54, 1.807) is 0 Å². The van der Waals surface area contributed by atoms with Crippen molar-refractivity contribution in [3.8, 4) is 0 Å². The molecule has 0 aromatic heterocycles. The van der Waals surface area contributed by atoms with E-state index in [9.17, 15) is 4.79 Å². The Morgan fingerprint density at radius 3 is 2.51 bits per heavy atom. The van der Waals surface area contributed by atoms with Gasteiger partial charge in [-0.1, -0.05) is 54.6 Å². The van der Waals surface area contributed by atoms with Crippen molar-refractivity contribution in [1.29, 1.82) is 0 Å². The van der Waals surface area contributed by atoms with Gasteiger partial charge in [0.15, 0.2) is 12.6 Å². The molecule has 3 fully saturated rings. The number of benzene rings is 1. The van der Waals surface area contributed by atoms with Crippen LogP contribution in [0, 0.1) is 11.8 Å². The van der Waals surface area contributed by atoms with Crippen LogP contribution in [0.15, 0.2) is 54.6 Å². The molecule has 1 saturated carbocycles. The second kappa shape index (κ2) is 15.1. The molecule has 5 rings (SSSR count). The smallest absolute Gasteiger partial charge is 0.306 e. The minimum atomic E-state index is -0.179. The van der Waals surface area contributed by atoms with E-state index in [1.807, 2.05) is 0 Å². The summed E-state index contributed by atoms with van der Waals surface area (Å²) in [6.07, 6.45) is 20.4. The van der Waals surface area contributed by atoms with Gasteiger partial charge in [-0.05, 0) is 76.2 Å². The summed E-state index contributed by atoms with van der Waals surface area (Å²) in [5.41, 5.74) is 1.31. The molecule has 6 heteroatoms. The number of ether oxygens (including phenoxy) is 5. The van der Waals surface area contributed by atoms with Gasteiger partial charge in [0, 0.05) is 37.9 Å². The highest BCUT2D eigenvalue weighted by Gasteiger charge is 2.45. The maximum atomic E-state index is 12.6. The molecule has 1 aromatic carbocycles. The molecule has 0 N–H and O–H groups in total. The molecule has 4 aliphatic rings. The summed E-state index contributed by atoms with van der Waals surface area (Å²) in [6, 6.07) is 10.6. The summed E-state index contributed by atoms with van der Waals surface area (Å²) < 4.78 is 31.1. The summed E-state index contributed by atoms with van der Waals surface area (Å²) >= 11 is 0. The van der Waals surface area contributed by atoms with Crippen LogP contribution in [0.1, 0.15) is 82.6 Å². The van der Waals surface area contributed by atoms with Crippen molar-refractivity contribution < 1.29 is 28.5 Å². The second-order valence-corrected chi connectivity index (χ2v) is 11.5. The number of esters is 1. The van der Waals surface area contributed by atoms with Crippen molar-refractivity contribution in [2.24, 2.45) is 11.8 Å². The minimum absolute atomic E-state index is 0.0537. The van der Waals surface area contributed by atoms with Gasteiger partial charge in [-0.15, -0.1) is 0 Å². The normalized spacial score (nSPS) is 33.0. The van der Waals surface area contributed by atoms with Gasteiger partial charge in [0.1, 0.15) is 6.10 Å². The molecular weight excluding hydrogens is 492 g/mol. The molecule has 6 nitrogen and oxygen atoms in total. The molecule has 3 unspecified atom stereocenters. The van der Waals surface area contributed by atoms with E-state index in [2.05, 4.69) is 54.6 Å². The molecule has 39 heavy (non-hydrogen) atoms. The van der Waals surface area contributed by atoms with Gasteiger partial charge in [0.2, 0.25) is 0 Å². The average Bonchev–Trinajstić information content (AvgIpc) is 3.28. The number of aryl methyl sites for hydroxylation is 1. The highest BCUT2D eigenvalue weighted by Crippen LogP contribution is 2.41. The van der Waals surface area contributed by atoms with E-state index in [0.717, 1.165) is 83.8 Å². The first-order valence-corrected chi connectivity index (χ1v) is 15.4. The van der Waals surface area contributed by atoms with Crippen molar-refractivity contribution in [2.75, 3.05) is 13.2 Å². The fourth-order valence-electron chi connectivity index (χ4n) is 6.35. The Kier molecular flexibility index (Phi) is 11.1. The van der Waals surface area contributed by atoms with Gasteiger partial charge < -0.3 is 23.7 Å². The van der Waals surface area contributed by atoms with Crippen molar-refractivity contribution in [1.82, 2.24) is 0 Å². The van der Waals surface area contributed by atoms with E-state index < -0.39 is 0 Å². The molecule has 3 heterocycles. The van der Waals surface area contributed by atoms with Crippen molar-refractivity contribution >= 4 is 5.97 Å². The summed E-state index contributed by atoms with van der Waals surface area (Å²) in [4.78, 5) is 12.6. The SMILES string of the molecule is O=C1CCCC=CC[C@@H]2[C@@H](C=CC(CCc3ccccc3)OC3CCCCO3)[C@H](OC3CCCCO3)C[C@@H]2O1. The number of fused-ring (bicyclic) bond motifs is 1. The Hall–Kier alpha value is -1.99. The molecular formula is C33H46O6. The van der Waals surface area contributed by atoms with Gasteiger partial charge in [-0.2, -0.15) is 0 Å². The van der Waals surface area contributed by atoms with Crippen LogP contribution in [0.25, 0.3) is 0 Å². The number of allylic oxidation sites excluding steroid dienone is 2. The zero-order chi connectivity index (χ0) is 26.7. The fraction of sp³-hybridized carbons (Fsp3) is 0.667. The van der Waals surface area contributed by atoms with Crippen LogP contribution < -0.4 is 0 Å². The number of carbonyl (C=O) groups is 1. The third-order valence-corrected chi connectivity index (χ3v) is 8.51. The van der Waals surface area contributed by atoms with Crippen molar-refractivity contribution in [3.63, 3.8) is 0 Å². The number of hydrogen-bond acceptors (Lipinski definition) is 6. The van der Waals surface area contributed by atoms with E-state index in [-0.39, 0.29) is 48.7 Å². The largest absolute Gasteiger partial charge is 0.462 e. The van der Waals surface area contributed by atoms with Crippen LogP contribution in [-0.2, 0) is 34.9 Å². The molecule has 7 atom stereocenters. The van der Waals surface area contributed by atoms with Crippen LogP contribution >= 0.6 is 0 Å². The lowest BCUT2D eigenvalue weighted by Crippen LogP contribution is -2.31. The van der Waals surface area contributed by atoms with E-state index in [4.69, 9.17) is 23.7 Å². The zero-order valence-corrected chi connectivity index (χ0v) is 23.3. The first-order valence-electron chi connectivity index (χ1n) is 15.4. The highest BCUT2D eigenvalue weighted by atomic mass is 16.7. The standard InChI is InChI=1S/C33H46O6/c34-31-15-7-2-1-6-14-27-28(30(24-29(27)38-31)39-33-17-9-11-23-36-33)21-20-26(37-32-16-8-10-22-35-32)19-18-25-12-4-3-5-13-25/h1,3-6,12-13,20-21,26-30,32-33H,2,7-11,14-19,22-24H2/t26?,27-,28-,29+,30-,32?,33?/m1/s1. The Morgan fingerprint density at radius 2 is 1.74 bits per heavy atom. The lowest BCUT2D eigenvalue weighted by atomic mass is 9.89. The van der Waals surface area contributed by atoms with Crippen LogP contribution in [0.4, 0.5) is 0 Å². The van der Waals surface area contributed by atoms with E-state index >= 15 is 0 Å². The predicted molar refractivity (Wildman–Crippen MR) is 150 cm³/mol.